The molecule has 3 nitrogen and oxygen atoms in total. The SMILES string of the molecule is OC1Oc2cc(F)ccc2C2=C1c1ccccc1OCC2. The maximum absolute atomic E-state index is 13.4. The van der Waals surface area contributed by atoms with Gasteiger partial charge in [0, 0.05) is 29.2 Å². The van der Waals surface area contributed by atoms with Gasteiger partial charge in [0.05, 0.1) is 6.61 Å². The van der Waals surface area contributed by atoms with Crippen molar-refractivity contribution >= 4 is 11.1 Å². The molecule has 4 heteroatoms. The molecule has 106 valence electrons. The van der Waals surface area contributed by atoms with E-state index >= 15 is 0 Å². The first-order chi connectivity index (χ1) is 10.2. The standard InChI is InChI=1S/C17H13FO3/c18-10-5-6-11-12-7-8-20-14-4-2-1-3-13(14)16(12)17(19)21-15(11)9-10/h1-6,9,17,19H,7-8H2. The summed E-state index contributed by atoms with van der Waals surface area (Å²) in [5, 5.41) is 10.4. The summed E-state index contributed by atoms with van der Waals surface area (Å²) in [4.78, 5) is 0. The molecule has 1 N–H and O–H groups in total. The van der Waals surface area contributed by atoms with E-state index < -0.39 is 6.29 Å². The van der Waals surface area contributed by atoms with Gasteiger partial charge in [0.2, 0.25) is 6.29 Å². The van der Waals surface area contributed by atoms with Crippen molar-refractivity contribution in [2.24, 2.45) is 0 Å². The molecule has 1 unspecified atom stereocenters. The van der Waals surface area contributed by atoms with Crippen LogP contribution >= 0.6 is 0 Å². The number of aliphatic hydroxyl groups is 1. The number of aliphatic hydroxyl groups excluding tert-OH is 1. The van der Waals surface area contributed by atoms with Crippen LogP contribution in [0.3, 0.4) is 0 Å². The Bertz CT molecular complexity index is 751. The highest BCUT2D eigenvalue weighted by molar-refractivity contribution is 5.97. The molecule has 0 aromatic heterocycles. The molecule has 2 aliphatic rings. The summed E-state index contributed by atoms with van der Waals surface area (Å²) in [7, 11) is 0. The van der Waals surface area contributed by atoms with E-state index in [1.54, 1.807) is 6.07 Å². The lowest BCUT2D eigenvalue weighted by molar-refractivity contribution is 0.0311. The Morgan fingerprint density at radius 2 is 1.90 bits per heavy atom. The third-order valence-electron chi connectivity index (χ3n) is 3.87. The van der Waals surface area contributed by atoms with Gasteiger partial charge in [0.1, 0.15) is 17.3 Å². The largest absolute Gasteiger partial charge is 0.493 e. The molecule has 1 atom stereocenters. The lowest BCUT2D eigenvalue weighted by Gasteiger charge is -2.27. The van der Waals surface area contributed by atoms with E-state index in [4.69, 9.17) is 9.47 Å². The average molecular weight is 284 g/mol. The molecule has 0 bridgehead atoms. The number of ether oxygens (including phenoxy) is 2. The lowest BCUT2D eigenvalue weighted by atomic mass is 9.90. The number of hydrogen-bond acceptors (Lipinski definition) is 3. The van der Waals surface area contributed by atoms with Crippen molar-refractivity contribution in [2.75, 3.05) is 6.61 Å². The number of hydrogen-bond donors (Lipinski definition) is 1. The van der Waals surface area contributed by atoms with Crippen molar-refractivity contribution in [1.29, 1.82) is 0 Å². The molecular weight excluding hydrogens is 271 g/mol. The molecule has 0 radical (unpaired) electrons. The summed E-state index contributed by atoms with van der Waals surface area (Å²) in [5.41, 5.74) is 3.31. The first-order valence-electron chi connectivity index (χ1n) is 6.84. The van der Waals surface area contributed by atoms with Crippen LogP contribution in [0.5, 0.6) is 11.5 Å². The third-order valence-corrected chi connectivity index (χ3v) is 3.87. The Morgan fingerprint density at radius 1 is 1.05 bits per heavy atom. The normalized spacial score (nSPS) is 19.6. The van der Waals surface area contributed by atoms with Crippen molar-refractivity contribution < 1.29 is 19.0 Å². The van der Waals surface area contributed by atoms with Crippen LogP contribution in [0.25, 0.3) is 11.1 Å². The van der Waals surface area contributed by atoms with Crippen molar-refractivity contribution in [3.05, 3.63) is 59.4 Å². The second kappa shape index (κ2) is 4.60. The maximum Gasteiger partial charge on any atom is 0.225 e. The highest BCUT2D eigenvalue weighted by Gasteiger charge is 2.31. The molecule has 2 aromatic rings. The topological polar surface area (TPSA) is 38.7 Å². The molecule has 4 rings (SSSR count). The van der Waals surface area contributed by atoms with Gasteiger partial charge in [-0.15, -0.1) is 0 Å². The predicted octanol–water partition coefficient (Wildman–Crippen LogP) is 3.23. The average Bonchev–Trinajstić information content (AvgIpc) is 2.67. The number of para-hydroxylation sites is 1. The van der Waals surface area contributed by atoms with Gasteiger partial charge in [-0.3, -0.25) is 0 Å². The Labute approximate surface area is 121 Å². The molecule has 2 aliphatic heterocycles. The Morgan fingerprint density at radius 3 is 2.81 bits per heavy atom. The van der Waals surface area contributed by atoms with Crippen LogP contribution < -0.4 is 9.47 Å². The minimum atomic E-state index is -1.11. The fourth-order valence-electron chi connectivity index (χ4n) is 2.96. The second-order valence-electron chi connectivity index (χ2n) is 5.10. The van der Waals surface area contributed by atoms with Gasteiger partial charge in [-0.2, -0.15) is 0 Å². The zero-order valence-electron chi connectivity index (χ0n) is 11.2. The van der Waals surface area contributed by atoms with Crippen LogP contribution in [0.1, 0.15) is 17.5 Å². The smallest absolute Gasteiger partial charge is 0.225 e. The summed E-state index contributed by atoms with van der Waals surface area (Å²) in [6.07, 6.45) is -0.472. The zero-order chi connectivity index (χ0) is 14.4. The van der Waals surface area contributed by atoms with Gasteiger partial charge in [-0.05, 0) is 23.8 Å². The summed E-state index contributed by atoms with van der Waals surface area (Å²) < 4.78 is 24.6. The predicted molar refractivity (Wildman–Crippen MR) is 76.4 cm³/mol. The van der Waals surface area contributed by atoms with Crippen LogP contribution in [0.4, 0.5) is 4.39 Å². The minimum absolute atomic E-state index is 0.376. The Kier molecular flexibility index (Phi) is 2.72. The third kappa shape index (κ3) is 1.91. The van der Waals surface area contributed by atoms with E-state index in [9.17, 15) is 9.50 Å². The lowest BCUT2D eigenvalue weighted by Crippen LogP contribution is -2.23. The molecule has 21 heavy (non-hydrogen) atoms. The minimum Gasteiger partial charge on any atom is -0.493 e. The first kappa shape index (κ1) is 12.4. The Balaban J connectivity index is 1.98. The highest BCUT2D eigenvalue weighted by Crippen LogP contribution is 2.45. The molecule has 0 saturated carbocycles. The van der Waals surface area contributed by atoms with Gasteiger partial charge in [0.25, 0.3) is 0 Å². The van der Waals surface area contributed by atoms with Crippen molar-refractivity contribution in [2.45, 2.75) is 12.7 Å². The van der Waals surface area contributed by atoms with E-state index in [1.807, 2.05) is 24.3 Å². The fourth-order valence-corrected chi connectivity index (χ4v) is 2.96. The molecule has 0 spiro atoms. The summed E-state index contributed by atoms with van der Waals surface area (Å²) >= 11 is 0. The summed E-state index contributed by atoms with van der Waals surface area (Å²) in [6, 6.07) is 12.0. The highest BCUT2D eigenvalue weighted by atomic mass is 19.1. The van der Waals surface area contributed by atoms with Gasteiger partial charge < -0.3 is 14.6 Å². The van der Waals surface area contributed by atoms with Gasteiger partial charge in [0.15, 0.2) is 0 Å². The van der Waals surface area contributed by atoms with Crippen LogP contribution in [0.15, 0.2) is 42.5 Å². The van der Waals surface area contributed by atoms with Crippen LogP contribution in [-0.2, 0) is 0 Å². The van der Waals surface area contributed by atoms with Crippen LogP contribution in [0, 0.1) is 5.82 Å². The molecule has 0 amide bonds. The molecule has 2 heterocycles. The van der Waals surface area contributed by atoms with Gasteiger partial charge in [-0.1, -0.05) is 18.2 Å². The number of fused-ring (bicyclic) bond motifs is 4. The van der Waals surface area contributed by atoms with Crippen molar-refractivity contribution in [3.8, 4) is 11.5 Å². The maximum atomic E-state index is 13.4. The van der Waals surface area contributed by atoms with E-state index in [1.165, 1.54) is 12.1 Å². The zero-order valence-corrected chi connectivity index (χ0v) is 11.2. The van der Waals surface area contributed by atoms with Gasteiger partial charge in [-0.25, -0.2) is 4.39 Å². The number of rotatable bonds is 0. The molecule has 0 aliphatic carbocycles. The van der Waals surface area contributed by atoms with Crippen LogP contribution in [-0.4, -0.2) is 18.0 Å². The molecular formula is C17H13FO3. The molecule has 2 aromatic carbocycles. The Hall–Kier alpha value is -2.33. The van der Waals surface area contributed by atoms with E-state index in [-0.39, 0.29) is 5.82 Å². The van der Waals surface area contributed by atoms with E-state index in [0.29, 0.717) is 24.4 Å². The van der Waals surface area contributed by atoms with Gasteiger partial charge >= 0.3 is 0 Å². The van der Waals surface area contributed by atoms with Crippen molar-refractivity contribution in [3.63, 3.8) is 0 Å². The van der Waals surface area contributed by atoms with E-state index in [0.717, 1.165) is 22.4 Å². The quantitative estimate of drug-likeness (QED) is 0.807. The second-order valence-corrected chi connectivity index (χ2v) is 5.10. The first-order valence-corrected chi connectivity index (χ1v) is 6.84. The summed E-state index contributed by atoms with van der Waals surface area (Å²) in [5.74, 6) is 0.728. The van der Waals surface area contributed by atoms with E-state index in [2.05, 4.69) is 0 Å². The number of halogens is 1. The monoisotopic (exact) mass is 284 g/mol. The van der Waals surface area contributed by atoms with Crippen LogP contribution in [0.2, 0.25) is 0 Å². The number of benzene rings is 2. The molecule has 0 saturated heterocycles. The summed E-state index contributed by atoms with van der Waals surface area (Å²) in [6.45, 7) is 0.513. The molecule has 0 fully saturated rings. The van der Waals surface area contributed by atoms with Crippen molar-refractivity contribution in [1.82, 2.24) is 0 Å². The fraction of sp³-hybridized carbons (Fsp3) is 0.176.